The van der Waals surface area contributed by atoms with Gasteiger partial charge in [0.05, 0.1) is 6.61 Å². The van der Waals surface area contributed by atoms with Gasteiger partial charge in [0, 0.05) is 12.4 Å². The molecule has 21 heavy (non-hydrogen) atoms. The Morgan fingerprint density at radius 2 is 2.19 bits per heavy atom. The highest BCUT2D eigenvalue weighted by Crippen LogP contribution is 2.38. The first kappa shape index (κ1) is 13.9. The lowest BCUT2D eigenvalue weighted by molar-refractivity contribution is -0.0950. The Hall–Kier alpha value is -2.01. The number of nitrogens with zero attached hydrogens (tertiary/aromatic N) is 4. The van der Waals surface area contributed by atoms with Crippen LogP contribution < -0.4 is 11.4 Å². The number of hydrogen-bond acceptors (Lipinski definition) is 8. The minimum Gasteiger partial charge on any atom is -0.394 e. The van der Waals surface area contributed by atoms with Gasteiger partial charge >= 0.3 is 5.69 Å². The molecule has 10 heteroatoms. The van der Waals surface area contributed by atoms with Crippen molar-refractivity contribution in [2.45, 2.75) is 31.0 Å². The molecule has 1 aliphatic heterocycles. The molecule has 0 aliphatic carbocycles. The number of rotatable bonds is 2. The predicted octanol–water partition coefficient (Wildman–Crippen LogP) is -2.53. The highest BCUT2D eigenvalue weighted by Gasteiger charge is 2.53. The molecule has 1 aliphatic rings. The summed E-state index contributed by atoms with van der Waals surface area (Å²) >= 11 is 0. The van der Waals surface area contributed by atoms with Crippen LogP contribution in [0.15, 0.2) is 17.2 Å². The summed E-state index contributed by atoms with van der Waals surface area (Å²) < 4.78 is 7.96. The third-order valence-corrected chi connectivity index (χ3v) is 3.64. The van der Waals surface area contributed by atoms with Crippen LogP contribution in [0.4, 0.5) is 5.95 Å². The summed E-state index contributed by atoms with van der Waals surface area (Å²) in [6.45, 7) is 0.918. The van der Waals surface area contributed by atoms with E-state index in [2.05, 4.69) is 9.97 Å². The molecule has 10 nitrogen and oxygen atoms in total. The molecule has 2 aromatic heterocycles. The van der Waals surface area contributed by atoms with Gasteiger partial charge in [-0.25, -0.2) is 9.20 Å². The molecule has 0 radical (unpaired) electrons. The quantitative estimate of drug-likeness (QED) is 0.474. The fourth-order valence-electron chi connectivity index (χ4n) is 2.51. The van der Waals surface area contributed by atoms with Gasteiger partial charge in [-0.1, -0.05) is 0 Å². The Morgan fingerprint density at radius 3 is 2.81 bits per heavy atom. The second-order valence-electron chi connectivity index (χ2n) is 5.12. The first-order valence-corrected chi connectivity index (χ1v) is 6.25. The minimum absolute atomic E-state index is 0.114. The Bertz CT molecular complexity index is 738. The summed E-state index contributed by atoms with van der Waals surface area (Å²) in [4.78, 5) is 19.1. The molecule has 1 saturated heterocycles. The highest BCUT2D eigenvalue weighted by molar-refractivity contribution is 5.35. The Kier molecular flexibility index (Phi) is 2.99. The van der Waals surface area contributed by atoms with Crippen molar-refractivity contribution in [3.8, 4) is 0 Å². The lowest BCUT2D eigenvalue weighted by Gasteiger charge is -2.27. The van der Waals surface area contributed by atoms with Crippen molar-refractivity contribution < 1.29 is 20.1 Å². The average molecular weight is 297 g/mol. The zero-order valence-corrected chi connectivity index (χ0v) is 11.1. The third-order valence-electron chi connectivity index (χ3n) is 3.64. The summed E-state index contributed by atoms with van der Waals surface area (Å²) in [6.07, 6.45) is -0.423. The molecule has 3 rings (SSSR count). The maximum absolute atomic E-state index is 11.7. The van der Waals surface area contributed by atoms with E-state index in [9.17, 15) is 20.1 Å². The normalized spacial score (nSPS) is 32.9. The number of fused-ring (bicyclic) bond motifs is 1. The Labute approximate surface area is 118 Å². The molecule has 0 saturated carbocycles. The monoisotopic (exact) mass is 297 g/mol. The Morgan fingerprint density at radius 1 is 1.48 bits per heavy atom. The molecule has 114 valence electrons. The van der Waals surface area contributed by atoms with E-state index in [0.717, 1.165) is 4.40 Å². The number of imidazole rings is 1. The third kappa shape index (κ3) is 1.92. The summed E-state index contributed by atoms with van der Waals surface area (Å²) in [5.41, 5.74) is 3.16. The molecule has 4 atom stereocenters. The van der Waals surface area contributed by atoms with Crippen LogP contribution in [0.25, 0.3) is 5.78 Å². The molecular weight excluding hydrogens is 282 g/mol. The van der Waals surface area contributed by atoms with Crippen molar-refractivity contribution in [3.63, 3.8) is 0 Å². The lowest BCUT2D eigenvalue weighted by Crippen LogP contribution is -2.44. The second kappa shape index (κ2) is 4.49. The average Bonchev–Trinajstić information content (AvgIpc) is 2.91. The molecule has 0 aromatic carbocycles. The van der Waals surface area contributed by atoms with Gasteiger partial charge in [0.15, 0.2) is 6.23 Å². The van der Waals surface area contributed by atoms with Gasteiger partial charge < -0.3 is 25.8 Å². The van der Waals surface area contributed by atoms with Gasteiger partial charge in [0.2, 0.25) is 11.7 Å². The summed E-state index contributed by atoms with van der Waals surface area (Å²) in [5.74, 6) is -0.0968. The van der Waals surface area contributed by atoms with Crippen LogP contribution >= 0.6 is 0 Å². The van der Waals surface area contributed by atoms with Crippen LogP contribution in [-0.4, -0.2) is 58.7 Å². The largest absolute Gasteiger partial charge is 0.394 e. The van der Waals surface area contributed by atoms with Gasteiger partial charge in [0.1, 0.15) is 17.8 Å². The van der Waals surface area contributed by atoms with Crippen molar-refractivity contribution in [3.05, 3.63) is 22.9 Å². The first-order valence-electron chi connectivity index (χ1n) is 6.25. The fourth-order valence-corrected chi connectivity index (χ4v) is 2.51. The van der Waals surface area contributed by atoms with Crippen LogP contribution in [0, 0.1) is 0 Å². The van der Waals surface area contributed by atoms with E-state index in [4.69, 9.17) is 10.5 Å². The predicted molar refractivity (Wildman–Crippen MR) is 69.3 cm³/mol. The number of anilines is 1. The Balaban J connectivity index is 2.15. The second-order valence-corrected chi connectivity index (χ2v) is 5.12. The minimum atomic E-state index is -1.68. The zero-order chi connectivity index (χ0) is 15.4. The number of nitrogen functional groups attached to an aromatic ring is 1. The van der Waals surface area contributed by atoms with Gasteiger partial charge in [0.25, 0.3) is 0 Å². The van der Waals surface area contributed by atoms with Gasteiger partial charge in [-0.05, 0) is 6.92 Å². The SMILES string of the molecule is CC1(O)C(O)[C@@H](CO)O[C@H]1n1ccn2c(=O)nc(N)nc12. The van der Waals surface area contributed by atoms with Crippen LogP contribution in [0.2, 0.25) is 0 Å². The number of aliphatic hydroxyl groups is 3. The van der Waals surface area contributed by atoms with Crippen molar-refractivity contribution in [1.82, 2.24) is 18.9 Å². The topological polar surface area (TPSA) is 148 Å². The molecule has 2 unspecified atom stereocenters. The smallest absolute Gasteiger partial charge is 0.357 e. The lowest BCUT2D eigenvalue weighted by atomic mass is 9.97. The van der Waals surface area contributed by atoms with E-state index in [1.54, 1.807) is 0 Å². The number of hydrogen-bond donors (Lipinski definition) is 4. The van der Waals surface area contributed by atoms with Crippen molar-refractivity contribution in [2.75, 3.05) is 12.3 Å². The van der Waals surface area contributed by atoms with Crippen LogP contribution in [0.3, 0.4) is 0 Å². The van der Waals surface area contributed by atoms with Crippen LogP contribution in [-0.2, 0) is 4.74 Å². The van der Waals surface area contributed by atoms with Crippen LogP contribution in [0.1, 0.15) is 13.2 Å². The molecule has 2 aromatic rings. The van der Waals surface area contributed by atoms with Gasteiger partial charge in [-0.3, -0.25) is 4.57 Å². The van der Waals surface area contributed by atoms with Gasteiger partial charge in [-0.2, -0.15) is 9.97 Å². The van der Waals surface area contributed by atoms with Crippen molar-refractivity contribution in [2.24, 2.45) is 0 Å². The summed E-state index contributed by atoms with van der Waals surface area (Å²) in [7, 11) is 0. The van der Waals surface area contributed by atoms with E-state index in [0.29, 0.717) is 0 Å². The van der Waals surface area contributed by atoms with Crippen molar-refractivity contribution >= 4 is 11.7 Å². The zero-order valence-electron chi connectivity index (χ0n) is 11.1. The van der Waals surface area contributed by atoms with E-state index in [1.165, 1.54) is 23.9 Å². The highest BCUT2D eigenvalue weighted by atomic mass is 16.6. The van der Waals surface area contributed by atoms with E-state index in [-0.39, 0.29) is 11.7 Å². The number of nitrogens with two attached hydrogens (primary N) is 1. The molecular formula is C11H15N5O5. The van der Waals surface area contributed by atoms with Crippen LogP contribution in [0.5, 0.6) is 0 Å². The van der Waals surface area contributed by atoms with Gasteiger partial charge in [-0.15, -0.1) is 0 Å². The molecule has 0 bridgehead atoms. The number of aromatic nitrogens is 4. The molecule has 1 fully saturated rings. The van der Waals surface area contributed by atoms with E-state index < -0.39 is 36.3 Å². The fraction of sp³-hybridized carbons (Fsp3) is 0.545. The molecule has 0 spiro atoms. The maximum atomic E-state index is 11.7. The molecule has 5 N–H and O–H groups in total. The number of aliphatic hydroxyl groups excluding tert-OH is 2. The van der Waals surface area contributed by atoms with E-state index in [1.807, 2.05) is 0 Å². The molecule has 0 amide bonds. The maximum Gasteiger partial charge on any atom is 0.357 e. The van der Waals surface area contributed by atoms with Crippen molar-refractivity contribution in [1.29, 1.82) is 0 Å². The molecule has 3 heterocycles. The summed E-state index contributed by atoms with van der Waals surface area (Å²) in [6, 6.07) is 0. The van der Waals surface area contributed by atoms with E-state index >= 15 is 0 Å². The summed E-state index contributed by atoms with van der Waals surface area (Å²) in [5, 5.41) is 29.6. The standard InChI is InChI=1S/C11H15N5O5/c1-11(20)6(18)5(4-17)21-7(11)15-2-3-16-9(15)13-8(12)14-10(16)19/h2-3,5-7,17-18,20H,4H2,1H3,(H2,12,14,19)/t5-,6?,7-,11?/m1/s1. The first-order chi connectivity index (χ1) is 9.86. The number of ether oxygens (including phenoxy) is 1.